The molecule has 3 aromatic carbocycles. The van der Waals surface area contributed by atoms with Crippen LogP contribution in [0.5, 0.6) is 5.75 Å². The highest BCUT2D eigenvalue weighted by Crippen LogP contribution is 2.38. The van der Waals surface area contributed by atoms with Crippen LogP contribution in [0.4, 0.5) is 13.2 Å². The van der Waals surface area contributed by atoms with Gasteiger partial charge in [-0.15, -0.1) is 0 Å². The number of allylic oxidation sites excluding steroid dienone is 2. The molecule has 1 nitrogen and oxygen atoms in total. The van der Waals surface area contributed by atoms with Crippen molar-refractivity contribution < 1.29 is 17.9 Å². The third-order valence-electron chi connectivity index (χ3n) is 8.26. The van der Waals surface area contributed by atoms with Crippen LogP contribution in [-0.4, -0.2) is 6.61 Å². The Kier molecular flexibility index (Phi) is 11.3. The van der Waals surface area contributed by atoms with Crippen molar-refractivity contribution in [1.82, 2.24) is 0 Å². The van der Waals surface area contributed by atoms with Gasteiger partial charge in [-0.2, -0.15) is 4.39 Å². The lowest BCUT2D eigenvalue weighted by Crippen LogP contribution is -2.12. The third-order valence-corrected chi connectivity index (χ3v) is 8.26. The Morgan fingerprint density at radius 2 is 1.35 bits per heavy atom. The Labute approximate surface area is 238 Å². The van der Waals surface area contributed by atoms with E-state index in [2.05, 4.69) is 26.0 Å². The van der Waals surface area contributed by atoms with Gasteiger partial charge in [0.05, 0.1) is 6.61 Å². The fourth-order valence-electron chi connectivity index (χ4n) is 5.87. The summed E-state index contributed by atoms with van der Waals surface area (Å²) < 4.78 is 50.4. The van der Waals surface area contributed by atoms with Crippen molar-refractivity contribution in [3.8, 4) is 28.0 Å². The summed E-state index contributed by atoms with van der Waals surface area (Å²) >= 11 is 0. The minimum Gasteiger partial charge on any atom is -0.490 e. The van der Waals surface area contributed by atoms with E-state index in [1.54, 1.807) is 36.4 Å². The van der Waals surface area contributed by atoms with Gasteiger partial charge in [0.15, 0.2) is 11.6 Å². The van der Waals surface area contributed by atoms with Crippen LogP contribution in [0.25, 0.3) is 22.3 Å². The molecule has 1 saturated carbocycles. The first-order chi connectivity index (χ1) is 19.5. The zero-order chi connectivity index (χ0) is 28.3. The largest absolute Gasteiger partial charge is 0.490 e. The molecule has 4 heteroatoms. The quantitative estimate of drug-likeness (QED) is 0.152. The summed E-state index contributed by atoms with van der Waals surface area (Å²) in [5.74, 6) is -1.16. The molecule has 0 N–H and O–H groups in total. The molecule has 214 valence electrons. The van der Waals surface area contributed by atoms with E-state index in [-0.39, 0.29) is 17.1 Å². The SMILES string of the molecule is CC=CC1CCC(c2ccc(-c3ccc(-c4ccc(OCCCCCCCCC)c(F)c4F)cc3)c(F)c2)CC1. The van der Waals surface area contributed by atoms with Crippen LogP contribution in [-0.2, 0) is 0 Å². The number of hydrogen-bond donors (Lipinski definition) is 0. The topological polar surface area (TPSA) is 9.23 Å². The standard InChI is InChI=1S/C36H43F3O/c1-3-5-6-7-8-9-10-24-40-34-23-22-32(35(38)36(34)39)29-18-16-28(17-19-29)31-21-20-30(25-33(31)37)27-14-12-26(11-4-2)13-15-27/h4,11,16-23,25-27H,3,5-10,12-15,24H2,1-2H3. The van der Waals surface area contributed by atoms with Gasteiger partial charge in [0.2, 0.25) is 5.82 Å². The van der Waals surface area contributed by atoms with E-state index in [0.29, 0.717) is 35.1 Å². The molecule has 0 atom stereocenters. The van der Waals surface area contributed by atoms with Gasteiger partial charge in [0.25, 0.3) is 0 Å². The fourth-order valence-corrected chi connectivity index (χ4v) is 5.87. The molecule has 3 aromatic rings. The zero-order valence-corrected chi connectivity index (χ0v) is 24.0. The maximum Gasteiger partial charge on any atom is 0.201 e. The predicted molar refractivity (Wildman–Crippen MR) is 160 cm³/mol. The molecule has 4 rings (SSSR count). The number of halogens is 3. The molecule has 0 saturated heterocycles. The average Bonchev–Trinajstić information content (AvgIpc) is 2.97. The first kappa shape index (κ1) is 30.0. The number of ether oxygens (including phenoxy) is 1. The maximum atomic E-state index is 15.2. The number of benzene rings is 3. The number of unbranched alkanes of at least 4 members (excludes halogenated alkanes) is 6. The first-order valence-corrected chi connectivity index (χ1v) is 15.2. The molecule has 0 bridgehead atoms. The molecular weight excluding hydrogens is 505 g/mol. The fraction of sp³-hybridized carbons (Fsp3) is 0.444. The van der Waals surface area contributed by atoms with Gasteiger partial charge in [-0.1, -0.05) is 94.0 Å². The molecule has 0 heterocycles. The van der Waals surface area contributed by atoms with Crippen LogP contribution in [0.15, 0.2) is 66.7 Å². The Balaban J connectivity index is 1.36. The molecule has 1 aliphatic carbocycles. The molecular formula is C36H43F3O. The Bertz CT molecular complexity index is 1240. The van der Waals surface area contributed by atoms with Crippen molar-refractivity contribution in [2.24, 2.45) is 5.92 Å². The Morgan fingerprint density at radius 3 is 2.00 bits per heavy atom. The zero-order valence-electron chi connectivity index (χ0n) is 24.0. The molecule has 0 spiro atoms. The molecule has 0 aliphatic heterocycles. The van der Waals surface area contributed by atoms with Gasteiger partial charge in [0, 0.05) is 11.1 Å². The highest BCUT2D eigenvalue weighted by atomic mass is 19.2. The highest BCUT2D eigenvalue weighted by Gasteiger charge is 2.22. The van der Waals surface area contributed by atoms with Crippen LogP contribution in [0.2, 0.25) is 0 Å². The summed E-state index contributed by atoms with van der Waals surface area (Å²) in [4.78, 5) is 0. The lowest BCUT2D eigenvalue weighted by molar-refractivity contribution is 0.285. The normalized spacial score (nSPS) is 17.4. The van der Waals surface area contributed by atoms with Crippen LogP contribution in [0.1, 0.15) is 96.0 Å². The van der Waals surface area contributed by atoms with Crippen molar-refractivity contribution in [3.63, 3.8) is 0 Å². The second-order valence-corrected chi connectivity index (χ2v) is 11.2. The molecule has 40 heavy (non-hydrogen) atoms. The van der Waals surface area contributed by atoms with E-state index in [0.717, 1.165) is 50.5 Å². The first-order valence-electron chi connectivity index (χ1n) is 15.2. The van der Waals surface area contributed by atoms with E-state index in [4.69, 9.17) is 4.74 Å². The molecule has 0 unspecified atom stereocenters. The van der Waals surface area contributed by atoms with Gasteiger partial charge >= 0.3 is 0 Å². The van der Waals surface area contributed by atoms with E-state index in [1.165, 1.54) is 31.7 Å². The molecule has 1 aliphatic rings. The lowest BCUT2D eigenvalue weighted by Gasteiger charge is -2.27. The average molecular weight is 549 g/mol. The van der Waals surface area contributed by atoms with Crippen molar-refractivity contribution >= 4 is 0 Å². The van der Waals surface area contributed by atoms with Crippen molar-refractivity contribution in [1.29, 1.82) is 0 Å². The predicted octanol–water partition coefficient (Wildman–Crippen LogP) is 11.4. The summed E-state index contributed by atoms with van der Waals surface area (Å²) in [6.07, 6.45) is 16.8. The number of rotatable bonds is 13. The van der Waals surface area contributed by atoms with Crippen LogP contribution < -0.4 is 4.74 Å². The van der Waals surface area contributed by atoms with Gasteiger partial charge in [-0.05, 0) is 85.8 Å². The van der Waals surface area contributed by atoms with Gasteiger partial charge in [-0.3, -0.25) is 0 Å². The minimum atomic E-state index is -0.967. The Morgan fingerprint density at radius 1 is 0.725 bits per heavy atom. The Hall–Kier alpha value is -3.01. The summed E-state index contributed by atoms with van der Waals surface area (Å²) in [6, 6.07) is 15.5. The second kappa shape index (κ2) is 15.1. The van der Waals surface area contributed by atoms with E-state index in [1.807, 2.05) is 12.1 Å². The number of hydrogen-bond acceptors (Lipinski definition) is 1. The third kappa shape index (κ3) is 7.80. The summed E-state index contributed by atoms with van der Waals surface area (Å²) in [5, 5.41) is 0. The van der Waals surface area contributed by atoms with E-state index < -0.39 is 11.6 Å². The molecule has 1 fully saturated rings. The monoisotopic (exact) mass is 548 g/mol. The van der Waals surface area contributed by atoms with Gasteiger partial charge in [-0.25, -0.2) is 8.78 Å². The van der Waals surface area contributed by atoms with E-state index in [9.17, 15) is 8.78 Å². The van der Waals surface area contributed by atoms with Crippen LogP contribution in [0.3, 0.4) is 0 Å². The summed E-state index contributed by atoms with van der Waals surface area (Å²) in [6.45, 7) is 4.63. The van der Waals surface area contributed by atoms with E-state index >= 15 is 4.39 Å². The second-order valence-electron chi connectivity index (χ2n) is 11.2. The molecule has 0 aromatic heterocycles. The lowest BCUT2D eigenvalue weighted by atomic mass is 9.78. The van der Waals surface area contributed by atoms with Crippen molar-refractivity contribution in [2.75, 3.05) is 6.61 Å². The van der Waals surface area contributed by atoms with Gasteiger partial charge in [0.1, 0.15) is 5.82 Å². The maximum absolute atomic E-state index is 15.2. The van der Waals surface area contributed by atoms with Crippen molar-refractivity contribution in [2.45, 2.75) is 90.4 Å². The van der Waals surface area contributed by atoms with Crippen molar-refractivity contribution in [3.05, 3.63) is 89.8 Å². The summed E-state index contributed by atoms with van der Waals surface area (Å²) in [5.41, 5.74) is 2.98. The minimum absolute atomic E-state index is 0.0543. The summed E-state index contributed by atoms with van der Waals surface area (Å²) in [7, 11) is 0. The smallest absolute Gasteiger partial charge is 0.201 e. The molecule has 0 radical (unpaired) electrons. The van der Waals surface area contributed by atoms with Crippen LogP contribution >= 0.6 is 0 Å². The van der Waals surface area contributed by atoms with Crippen LogP contribution in [0, 0.1) is 23.4 Å². The molecule has 0 amide bonds. The van der Waals surface area contributed by atoms with Gasteiger partial charge < -0.3 is 4.74 Å². The highest BCUT2D eigenvalue weighted by molar-refractivity contribution is 5.71.